The molecule has 0 aromatic carbocycles. The van der Waals surface area contributed by atoms with Crippen LogP contribution < -0.4 is 11.1 Å². The van der Waals surface area contributed by atoms with Gasteiger partial charge in [-0.3, -0.25) is 4.79 Å². The molecular formula is C11H22N2OS. The van der Waals surface area contributed by atoms with E-state index in [0.29, 0.717) is 4.99 Å². The third-order valence-electron chi connectivity index (χ3n) is 2.32. The first-order valence-corrected chi connectivity index (χ1v) is 6.11. The lowest BCUT2D eigenvalue weighted by Crippen LogP contribution is -2.38. The van der Waals surface area contributed by atoms with Gasteiger partial charge in [0.25, 0.3) is 0 Å². The number of unbranched alkanes of at least 4 members (excludes halogenated alkanes) is 2. The van der Waals surface area contributed by atoms with Crippen LogP contribution in [0.5, 0.6) is 0 Å². The van der Waals surface area contributed by atoms with E-state index < -0.39 is 0 Å². The van der Waals surface area contributed by atoms with Gasteiger partial charge in [0.2, 0.25) is 5.91 Å². The number of thiocarbonyl (C=S) groups is 1. The fourth-order valence-corrected chi connectivity index (χ4v) is 1.63. The molecule has 3 N–H and O–H groups in total. The molecule has 0 bridgehead atoms. The van der Waals surface area contributed by atoms with Crippen LogP contribution in [0.25, 0.3) is 0 Å². The first kappa shape index (κ1) is 14.4. The van der Waals surface area contributed by atoms with Crippen molar-refractivity contribution in [2.24, 2.45) is 11.7 Å². The van der Waals surface area contributed by atoms with E-state index in [0.717, 1.165) is 38.6 Å². The van der Waals surface area contributed by atoms with Crippen molar-refractivity contribution < 1.29 is 4.79 Å². The molecule has 0 spiro atoms. The standard InChI is InChI=1S/C11H22N2OS/c1-3-5-6-8-13-11(14)9(7-4-2)10(12)15/h9H,3-8H2,1-2H3,(H2,12,15)(H,13,14). The molecule has 0 aromatic heterocycles. The van der Waals surface area contributed by atoms with Gasteiger partial charge in [0.15, 0.2) is 0 Å². The molecule has 15 heavy (non-hydrogen) atoms. The van der Waals surface area contributed by atoms with Gasteiger partial charge >= 0.3 is 0 Å². The minimum Gasteiger partial charge on any atom is -0.393 e. The van der Waals surface area contributed by atoms with Gasteiger partial charge in [-0.15, -0.1) is 0 Å². The Labute approximate surface area is 97.8 Å². The Bertz CT molecular complexity index is 207. The number of carbonyl (C=O) groups is 1. The van der Waals surface area contributed by atoms with Crippen molar-refractivity contribution >= 4 is 23.1 Å². The Morgan fingerprint density at radius 3 is 2.47 bits per heavy atom. The average molecular weight is 230 g/mol. The van der Waals surface area contributed by atoms with Crippen LogP contribution in [0.3, 0.4) is 0 Å². The van der Waals surface area contributed by atoms with E-state index in [4.69, 9.17) is 18.0 Å². The number of nitrogens with one attached hydrogen (secondary N) is 1. The second-order valence-corrected chi connectivity index (χ2v) is 4.21. The van der Waals surface area contributed by atoms with Gasteiger partial charge in [0.1, 0.15) is 0 Å². The van der Waals surface area contributed by atoms with Crippen LogP contribution in [-0.2, 0) is 4.79 Å². The lowest BCUT2D eigenvalue weighted by molar-refractivity contribution is -0.123. The molecule has 0 saturated carbocycles. The maximum absolute atomic E-state index is 11.7. The van der Waals surface area contributed by atoms with Crippen molar-refractivity contribution in [2.45, 2.75) is 46.0 Å². The van der Waals surface area contributed by atoms with Gasteiger partial charge in [0.05, 0.1) is 10.9 Å². The van der Waals surface area contributed by atoms with Crippen LogP contribution in [0.1, 0.15) is 46.0 Å². The summed E-state index contributed by atoms with van der Waals surface area (Å²) >= 11 is 4.88. The Balaban J connectivity index is 3.87. The lowest BCUT2D eigenvalue weighted by atomic mass is 10.0. The summed E-state index contributed by atoms with van der Waals surface area (Å²) in [6.07, 6.45) is 4.99. The first-order valence-electron chi connectivity index (χ1n) is 5.70. The molecule has 0 radical (unpaired) electrons. The maximum atomic E-state index is 11.7. The zero-order valence-corrected chi connectivity index (χ0v) is 10.5. The van der Waals surface area contributed by atoms with E-state index in [9.17, 15) is 4.79 Å². The fourth-order valence-electron chi connectivity index (χ4n) is 1.40. The third kappa shape index (κ3) is 6.44. The van der Waals surface area contributed by atoms with E-state index in [-0.39, 0.29) is 11.8 Å². The smallest absolute Gasteiger partial charge is 0.229 e. The van der Waals surface area contributed by atoms with Crippen molar-refractivity contribution in [3.63, 3.8) is 0 Å². The highest BCUT2D eigenvalue weighted by molar-refractivity contribution is 7.80. The molecule has 1 amide bonds. The van der Waals surface area contributed by atoms with Crippen LogP contribution in [0.2, 0.25) is 0 Å². The summed E-state index contributed by atoms with van der Waals surface area (Å²) in [5.74, 6) is -0.299. The Kier molecular flexibility index (Phi) is 8.28. The summed E-state index contributed by atoms with van der Waals surface area (Å²) in [4.78, 5) is 12.0. The predicted octanol–water partition coefficient (Wildman–Crippen LogP) is 2.00. The van der Waals surface area contributed by atoms with E-state index in [1.54, 1.807) is 0 Å². The zero-order valence-electron chi connectivity index (χ0n) is 9.71. The van der Waals surface area contributed by atoms with Crippen LogP contribution in [0.15, 0.2) is 0 Å². The lowest BCUT2D eigenvalue weighted by Gasteiger charge is -2.14. The second kappa shape index (κ2) is 8.65. The molecular weight excluding hydrogens is 208 g/mol. The van der Waals surface area contributed by atoms with Gasteiger partial charge < -0.3 is 11.1 Å². The van der Waals surface area contributed by atoms with Crippen LogP contribution in [-0.4, -0.2) is 17.4 Å². The topological polar surface area (TPSA) is 55.1 Å². The predicted molar refractivity (Wildman–Crippen MR) is 67.7 cm³/mol. The van der Waals surface area contributed by atoms with E-state index in [2.05, 4.69) is 12.2 Å². The second-order valence-electron chi connectivity index (χ2n) is 3.74. The summed E-state index contributed by atoms with van der Waals surface area (Å²) in [7, 11) is 0. The van der Waals surface area contributed by atoms with Crippen LogP contribution >= 0.6 is 12.2 Å². The maximum Gasteiger partial charge on any atom is 0.229 e. The molecule has 88 valence electrons. The summed E-state index contributed by atoms with van der Waals surface area (Å²) in [6, 6.07) is 0. The molecule has 0 aliphatic rings. The van der Waals surface area contributed by atoms with Crippen molar-refractivity contribution in [1.82, 2.24) is 5.32 Å². The van der Waals surface area contributed by atoms with Crippen molar-refractivity contribution in [2.75, 3.05) is 6.54 Å². The molecule has 1 atom stereocenters. The van der Waals surface area contributed by atoms with E-state index >= 15 is 0 Å². The Morgan fingerprint density at radius 2 is 2.00 bits per heavy atom. The molecule has 3 nitrogen and oxygen atoms in total. The quantitative estimate of drug-likeness (QED) is 0.495. The number of amides is 1. The largest absolute Gasteiger partial charge is 0.393 e. The number of nitrogens with two attached hydrogens (primary N) is 1. The van der Waals surface area contributed by atoms with Crippen LogP contribution in [0.4, 0.5) is 0 Å². The highest BCUT2D eigenvalue weighted by Gasteiger charge is 2.19. The Morgan fingerprint density at radius 1 is 1.33 bits per heavy atom. The number of hydrogen-bond acceptors (Lipinski definition) is 2. The SMILES string of the molecule is CCCCCNC(=O)C(CCC)C(N)=S. The van der Waals surface area contributed by atoms with Crippen molar-refractivity contribution in [3.05, 3.63) is 0 Å². The fraction of sp³-hybridized carbons (Fsp3) is 0.818. The molecule has 1 unspecified atom stereocenters. The highest BCUT2D eigenvalue weighted by Crippen LogP contribution is 2.07. The van der Waals surface area contributed by atoms with Crippen molar-refractivity contribution in [3.8, 4) is 0 Å². The van der Waals surface area contributed by atoms with Crippen molar-refractivity contribution in [1.29, 1.82) is 0 Å². The van der Waals surface area contributed by atoms with Gasteiger partial charge in [-0.1, -0.05) is 45.3 Å². The molecule has 0 rings (SSSR count). The molecule has 0 aliphatic carbocycles. The minimum atomic E-state index is -0.286. The highest BCUT2D eigenvalue weighted by atomic mass is 32.1. The summed E-state index contributed by atoms with van der Waals surface area (Å²) in [5, 5.41) is 2.88. The summed E-state index contributed by atoms with van der Waals surface area (Å²) in [6.45, 7) is 4.89. The van der Waals surface area contributed by atoms with Crippen LogP contribution in [0, 0.1) is 5.92 Å². The number of rotatable bonds is 8. The third-order valence-corrected chi connectivity index (χ3v) is 2.60. The normalized spacial score (nSPS) is 12.1. The molecule has 0 saturated heterocycles. The van der Waals surface area contributed by atoms with Gasteiger partial charge in [0, 0.05) is 6.54 Å². The monoisotopic (exact) mass is 230 g/mol. The number of carbonyl (C=O) groups excluding carboxylic acids is 1. The molecule has 4 heteroatoms. The minimum absolute atomic E-state index is 0.0135. The van der Waals surface area contributed by atoms with Gasteiger partial charge in [-0.25, -0.2) is 0 Å². The van der Waals surface area contributed by atoms with Gasteiger partial charge in [-0.2, -0.15) is 0 Å². The molecule has 0 aromatic rings. The first-order chi connectivity index (χ1) is 7.13. The molecule has 0 aliphatic heterocycles. The number of hydrogen-bond donors (Lipinski definition) is 2. The zero-order chi connectivity index (χ0) is 11.7. The Hall–Kier alpha value is -0.640. The van der Waals surface area contributed by atoms with E-state index in [1.807, 2.05) is 6.92 Å². The average Bonchev–Trinajstić information content (AvgIpc) is 2.20. The van der Waals surface area contributed by atoms with Gasteiger partial charge in [-0.05, 0) is 12.8 Å². The van der Waals surface area contributed by atoms with E-state index in [1.165, 1.54) is 0 Å². The molecule has 0 heterocycles. The summed E-state index contributed by atoms with van der Waals surface area (Å²) in [5.41, 5.74) is 5.52. The molecule has 0 fully saturated rings. The summed E-state index contributed by atoms with van der Waals surface area (Å²) < 4.78 is 0.